The van der Waals surface area contributed by atoms with Crippen LogP contribution in [0.4, 0.5) is 0 Å². The molecule has 0 N–H and O–H groups in total. The van der Waals surface area contributed by atoms with Crippen LogP contribution in [0.5, 0.6) is 0 Å². The van der Waals surface area contributed by atoms with Gasteiger partial charge in [-0.3, -0.25) is 9.79 Å². The molecule has 3 heteroatoms. The molecule has 0 aromatic rings. The first kappa shape index (κ1) is 11.2. The van der Waals surface area contributed by atoms with E-state index in [1.807, 2.05) is 6.92 Å². The van der Waals surface area contributed by atoms with Crippen LogP contribution in [0.3, 0.4) is 0 Å². The standard InChI is InChI=1S/C11H19NO2/c1-2-14-11(13)8-9-12-10-6-4-3-5-7-10/h2-9H2,1H3. The van der Waals surface area contributed by atoms with Crippen molar-refractivity contribution in [2.75, 3.05) is 13.2 Å². The van der Waals surface area contributed by atoms with Crippen molar-refractivity contribution in [3.8, 4) is 0 Å². The minimum absolute atomic E-state index is 0.132. The molecule has 0 spiro atoms. The first-order valence-corrected chi connectivity index (χ1v) is 5.50. The van der Waals surface area contributed by atoms with Gasteiger partial charge >= 0.3 is 5.97 Å². The quantitative estimate of drug-likeness (QED) is 0.649. The Morgan fingerprint density at radius 1 is 1.36 bits per heavy atom. The van der Waals surface area contributed by atoms with E-state index < -0.39 is 0 Å². The molecule has 0 bridgehead atoms. The van der Waals surface area contributed by atoms with Crippen molar-refractivity contribution in [3.63, 3.8) is 0 Å². The largest absolute Gasteiger partial charge is 0.466 e. The van der Waals surface area contributed by atoms with Gasteiger partial charge in [0.2, 0.25) is 0 Å². The molecule has 0 atom stereocenters. The molecule has 0 heterocycles. The Bertz CT molecular complexity index is 203. The zero-order chi connectivity index (χ0) is 10.2. The van der Waals surface area contributed by atoms with Crippen LogP contribution >= 0.6 is 0 Å². The predicted molar refractivity (Wildman–Crippen MR) is 56.6 cm³/mol. The number of hydrogen-bond acceptors (Lipinski definition) is 3. The van der Waals surface area contributed by atoms with Crippen molar-refractivity contribution in [1.29, 1.82) is 0 Å². The molecule has 1 rings (SSSR count). The van der Waals surface area contributed by atoms with E-state index >= 15 is 0 Å². The monoisotopic (exact) mass is 197 g/mol. The van der Waals surface area contributed by atoms with E-state index in [0.29, 0.717) is 19.6 Å². The van der Waals surface area contributed by atoms with Crippen molar-refractivity contribution in [2.24, 2.45) is 4.99 Å². The van der Waals surface area contributed by atoms with Crippen molar-refractivity contribution in [1.82, 2.24) is 0 Å². The number of ether oxygens (including phenoxy) is 1. The van der Waals surface area contributed by atoms with E-state index in [1.165, 1.54) is 25.0 Å². The highest BCUT2D eigenvalue weighted by molar-refractivity contribution is 5.85. The van der Waals surface area contributed by atoms with Crippen LogP contribution in [0.1, 0.15) is 45.4 Å². The van der Waals surface area contributed by atoms with Crippen molar-refractivity contribution < 1.29 is 9.53 Å². The first-order valence-electron chi connectivity index (χ1n) is 5.50. The van der Waals surface area contributed by atoms with E-state index in [-0.39, 0.29) is 5.97 Å². The Labute approximate surface area is 85.6 Å². The van der Waals surface area contributed by atoms with E-state index in [1.54, 1.807) is 0 Å². The van der Waals surface area contributed by atoms with E-state index in [0.717, 1.165) is 12.8 Å². The zero-order valence-corrected chi connectivity index (χ0v) is 8.92. The Balaban J connectivity index is 2.15. The van der Waals surface area contributed by atoms with Gasteiger partial charge in [-0.05, 0) is 32.6 Å². The van der Waals surface area contributed by atoms with Gasteiger partial charge in [0.05, 0.1) is 13.0 Å². The molecule has 0 unspecified atom stereocenters. The molecule has 0 radical (unpaired) electrons. The van der Waals surface area contributed by atoms with Gasteiger partial charge in [-0.25, -0.2) is 0 Å². The number of nitrogens with zero attached hydrogens (tertiary/aromatic N) is 1. The third kappa shape index (κ3) is 4.40. The van der Waals surface area contributed by atoms with E-state index in [2.05, 4.69) is 4.99 Å². The van der Waals surface area contributed by atoms with Crippen LogP contribution in [0.15, 0.2) is 4.99 Å². The zero-order valence-electron chi connectivity index (χ0n) is 8.92. The second-order valence-corrected chi connectivity index (χ2v) is 3.56. The fourth-order valence-corrected chi connectivity index (χ4v) is 1.66. The summed E-state index contributed by atoms with van der Waals surface area (Å²) in [4.78, 5) is 15.4. The summed E-state index contributed by atoms with van der Waals surface area (Å²) in [6.45, 7) is 2.90. The highest BCUT2D eigenvalue weighted by Gasteiger charge is 2.06. The van der Waals surface area contributed by atoms with Crippen LogP contribution in [0, 0.1) is 0 Å². The fourth-order valence-electron chi connectivity index (χ4n) is 1.66. The lowest BCUT2D eigenvalue weighted by molar-refractivity contribution is -0.142. The molecule has 0 aromatic heterocycles. The maximum atomic E-state index is 11.0. The molecule has 0 aliphatic heterocycles. The van der Waals surface area contributed by atoms with Crippen LogP contribution in [0.25, 0.3) is 0 Å². The Morgan fingerprint density at radius 3 is 2.71 bits per heavy atom. The highest BCUT2D eigenvalue weighted by atomic mass is 16.5. The number of rotatable bonds is 4. The lowest BCUT2D eigenvalue weighted by atomic mass is 9.98. The predicted octanol–water partition coefficient (Wildman–Crippen LogP) is 2.34. The van der Waals surface area contributed by atoms with Crippen molar-refractivity contribution in [2.45, 2.75) is 45.4 Å². The second-order valence-electron chi connectivity index (χ2n) is 3.56. The summed E-state index contributed by atoms with van der Waals surface area (Å²) in [6.07, 6.45) is 6.54. The highest BCUT2D eigenvalue weighted by Crippen LogP contribution is 2.14. The van der Waals surface area contributed by atoms with Gasteiger partial charge in [0.15, 0.2) is 0 Å². The van der Waals surface area contributed by atoms with Gasteiger partial charge in [-0.15, -0.1) is 0 Å². The molecule has 0 amide bonds. The maximum Gasteiger partial charge on any atom is 0.307 e. The summed E-state index contributed by atoms with van der Waals surface area (Å²) in [5, 5.41) is 0. The molecule has 14 heavy (non-hydrogen) atoms. The molecular formula is C11H19NO2. The van der Waals surface area contributed by atoms with Crippen molar-refractivity contribution >= 4 is 11.7 Å². The number of carbonyl (C=O) groups excluding carboxylic acids is 1. The molecule has 1 fully saturated rings. The lowest BCUT2D eigenvalue weighted by Crippen LogP contribution is -2.09. The Kier molecular flexibility index (Phi) is 5.27. The summed E-state index contributed by atoms with van der Waals surface area (Å²) in [7, 11) is 0. The van der Waals surface area contributed by atoms with Crippen LogP contribution < -0.4 is 0 Å². The number of aliphatic imine (C=N–C) groups is 1. The summed E-state index contributed by atoms with van der Waals surface area (Å²) < 4.78 is 4.82. The molecule has 1 aliphatic rings. The van der Waals surface area contributed by atoms with E-state index in [4.69, 9.17) is 4.74 Å². The van der Waals surface area contributed by atoms with Crippen molar-refractivity contribution in [3.05, 3.63) is 0 Å². The second kappa shape index (κ2) is 6.57. The summed E-state index contributed by atoms with van der Waals surface area (Å²) in [5.41, 5.74) is 1.29. The van der Waals surface area contributed by atoms with Crippen LogP contribution in [-0.2, 0) is 9.53 Å². The number of carbonyl (C=O) groups is 1. The lowest BCUT2D eigenvalue weighted by Gasteiger charge is -2.11. The number of esters is 1. The summed E-state index contributed by atoms with van der Waals surface area (Å²) in [6, 6.07) is 0. The Hall–Kier alpha value is -0.860. The first-order chi connectivity index (χ1) is 6.83. The third-order valence-electron chi connectivity index (χ3n) is 2.39. The van der Waals surface area contributed by atoms with Gasteiger partial charge in [-0.1, -0.05) is 6.42 Å². The minimum atomic E-state index is -0.132. The average Bonchev–Trinajstić information content (AvgIpc) is 2.20. The molecule has 0 saturated heterocycles. The molecule has 1 saturated carbocycles. The number of hydrogen-bond donors (Lipinski definition) is 0. The topological polar surface area (TPSA) is 38.7 Å². The summed E-state index contributed by atoms with van der Waals surface area (Å²) >= 11 is 0. The molecule has 0 aromatic carbocycles. The molecule has 1 aliphatic carbocycles. The Morgan fingerprint density at radius 2 is 2.07 bits per heavy atom. The summed E-state index contributed by atoms with van der Waals surface area (Å²) in [5.74, 6) is -0.132. The van der Waals surface area contributed by atoms with Gasteiger partial charge < -0.3 is 4.74 Å². The van der Waals surface area contributed by atoms with Gasteiger partial charge in [0, 0.05) is 12.3 Å². The third-order valence-corrected chi connectivity index (χ3v) is 2.39. The minimum Gasteiger partial charge on any atom is -0.466 e. The average molecular weight is 197 g/mol. The molecule has 80 valence electrons. The van der Waals surface area contributed by atoms with Gasteiger partial charge in [0.25, 0.3) is 0 Å². The van der Waals surface area contributed by atoms with Gasteiger partial charge in [0.1, 0.15) is 0 Å². The smallest absolute Gasteiger partial charge is 0.307 e. The molecule has 3 nitrogen and oxygen atoms in total. The van der Waals surface area contributed by atoms with Crippen LogP contribution in [-0.4, -0.2) is 24.8 Å². The SMILES string of the molecule is CCOC(=O)CCN=C1CCCCC1. The fraction of sp³-hybridized carbons (Fsp3) is 0.818. The van der Waals surface area contributed by atoms with Gasteiger partial charge in [-0.2, -0.15) is 0 Å². The van der Waals surface area contributed by atoms with E-state index in [9.17, 15) is 4.79 Å². The maximum absolute atomic E-state index is 11.0. The van der Waals surface area contributed by atoms with Crippen LogP contribution in [0.2, 0.25) is 0 Å². The molecular weight excluding hydrogens is 178 g/mol. The normalized spacial score (nSPS) is 16.5.